The number of ketones is 1. The summed E-state index contributed by atoms with van der Waals surface area (Å²) in [4.78, 5) is 16.6. The van der Waals surface area contributed by atoms with Crippen LogP contribution < -0.4 is 4.90 Å². The lowest BCUT2D eigenvalue weighted by molar-refractivity contribution is -0.125. The first-order valence-electron chi connectivity index (χ1n) is 6.93. The molecule has 3 aliphatic rings. The van der Waals surface area contributed by atoms with Gasteiger partial charge in [0.2, 0.25) is 0 Å². The predicted octanol–water partition coefficient (Wildman–Crippen LogP) is 2.39. The molecule has 0 amide bonds. The third-order valence-electron chi connectivity index (χ3n) is 4.17. The molecule has 3 fully saturated rings. The second-order valence-electron chi connectivity index (χ2n) is 5.64. The van der Waals surface area contributed by atoms with Gasteiger partial charge in [0.25, 0.3) is 0 Å². The summed E-state index contributed by atoms with van der Waals surface area (Å²) in [5.41, 5.74) is 3.21. The number of carbonyl (C=O) groups is 1. The van der Waals surface area contributed by atoms with Crippen LogP contribution in [-0.2, 0) is 4.79 Å². The molecule has 1 aromatic carbocycles. The number of nitrogens with zero attached hydrogens (tertiary/aromatic N) is 2. The van der Waals surface area contributed by atoms with E-state index in [4.69, 9.17) is 0 Å². The lowest BCUT2D eigenvalue weighted by Gasteiger charge is -2.41. The fourth-order valence-electron chi connectivity index (χ4n) is 2.94. The summed E-state index contributed by atoms with van der Waals surface area (Å²) >= 11 is 0. The highest BCUT2D eigenvalue weighted by Gasteiger charge is 2.36. The quantitative estimate of drug-likeness (QED) is 0.759. The molecule has 3 heterocycles. The first-order valence-corrected chi connectivity index (χ1v) is 6.93. The van der Waals surface area contributed by atoms with Crippen LogP contribution in [0.25, 0.3) is 6.08 Å². The molecular weight excluding hydrogens is 236 g/mol. The molecule has 3 saturated heterocycles. The van der Waals surface area contributed by atoms with E-state index in [2.05, 4.69) is 34.1 Å². The van der Waals surface area contributed by atoms with E-state index < -0.39 is 0 Å². The van der Waals surface area contributed by atoms with Crippen molar-refractivity contribution in [2.45, 2.75) is 12.8 Å². The average molecular weight is 256 g/mol. The van der Waals surface area contributed by atoms with Crippen molar-refractivity contribution in [3.05, 3.63) is 35.5 Å². The molecule has 1 aromatic rings. The fraction of sp³-hybridized carbons (Fsp3) is 0.438. The number of hydrogen-bond donors (Lipinski definition) is 0. The first kappa shape index (κ1) is 12.3. The minimum absolute atomic E-state index is 0.275. The van der Waals surface area contributed by atoms with Crippen molar-refractivity contribution in [1.82, 2.24) is 4.90 Å². The molecule has 2 bridgehead atoms. The Bertz CT molecular complexity index is 508. The zero-order valence-electron chi connectivity index (χ0n) is 11.6. The van der Waals surface area contributed by atoms with Gasteiger partial charge in [-0.3, -0.25) is 4.79 Å². The number of Topliss-reactive ketones (excluding diaryl/α,β-unsaturated/α-hetero) is 1. The Morgan fingerprint density at radius 3 is 2.32 bits per heavy atom. The maximum Gasteiger partial charge on any atom is 0.182 e. The van der Waals surface area contributed by atoms with Gasteiger partial charge < -0.3 is 9.80 Å². The zero-order chi connectivity index (χ0) is 13.4. The van der Waals surface area contributed by atoms with Gasteiger partial charge in [-0.1, -0.05) is 12.1 Å². The number of rotatable bonds is 2. The highest BCUT2D eigenvalue weighted by molar-refractivity contribution is 6.01. The summed E-state index contributed by atoms with van der Waals surface area (Å²) in [6, 6.07) is 8.35. The van der Waals surface area contributed by atoms with Crippen molar-refractivity contribution < 1.29 is 4.79 Å². The summed E-state index contributed by atoms with van der Waals surface area (Å²) < 4.78 is 0. The number of fused-ring (bicyclic) bond motifs is 3. The van der Waals surface area contributed by atoms with Gasteiger partial charge >= 0.3 is 0 Å². The zero-order valence-corrected chi connectivity index (χ0v) is 11.6. The van der Waals surface area contributed by atoms with Crippen molar-refractivity contribution >= 4 is 17.5 Å². The molecule has 4 rings (SSSR count). The molecule has 19 heavy (non-hydrogen) atoms. The van der Waals surface area contributed by atoms with Gasteiger partial charge in [0.1, 0.15) is 0 Å². The number of carbonyl (C=O) groups excluding carboxylic acids is 1. The Labute approximate surface area is 114 Å². The van der Waals surface area contributed by atoms with Crippen molar-refractivity contribution in [3.63, 3.8) is 0 Å². The number of piperidine rings is 3. The number of benzene rings is 1. The topological polar surface area (TPSA) is 23.6 Å². The first-order chi connectivity index (χ1) is 9.15. The van der Waals surface area contributed by atoms with E-state index in [-0.39, 0.29) is 5.92 Å². The molecule has 3 aliphatic heterocycles. The van der Waals surface area contributed by atoms with Crippen LogP contribution in [0.3, 0.4) is 0 Å². The van der Waals surface area contributed by atoms with Crippen LogP contribution in [0.5, 0.6) is 0 Å². The summed E-state index contributed by atoms with van der Waals surface area (Å²) in [7, 11) is 4.06. The molecule has 0 spiro atoms. The highest BCUT2D eigenvalue weighted by atomic mass is 16.1. The summed E-state index contributed by atoms with van der Waals surface area (Å²) in [6.45, 7) is 2.08. The van der Waals surface area contributed by atoms with Crippen LogP contribution in [0.1, 0.15) is 18.4 Å². The fourth-order valence-corrected chi connectivity index (χ4v) is 2.94. The van der Waals surface area contributed by atoms with Gasteiger partial charge in [0.05, 0.1) is 5.70 Å². The van der Waals surface area contributed by atoms with Gasteiger partial charge in [0.15, 0.2) is 5.78 Å². The van der Waals surface area contributed by atoms with Crippen LogP contribution in [0, 0.1) is 5.92 Å². The predicted molar refractivity (Wildman–Crippen MR) is 78.1 cm³/mol. The lowest BCUT2D eigenvalue weighted by Crippen LogP contribution is -2.45. The Morgan fingerprint density at radius 2 is 1.79 bits per heavy atom. The van der Waals surface area contributed by atoms with E-state index in [1.54, 1.807) is 0 Å². The van der Waals surface area contributed by atoms with E-state index in [0.29, 0.717) is 5.78 Å². The number of allylic oxidation sites excluding steroid dienone is 1. The third-order valence-corrected chi connectivity index (χ3v) is 4.17. The summed E-state index contributed by atoms with van der Waals surface area (Å²) in [6.07, 6.45) is 4.12. The number of anilines is 1. The van der Waals surface area contributed by atoms with Crippen LogP contribution >= 0.6 is 0 Å². The Morgan fingerprint density at radius 1 is 1.16 bits per heavy atom. The van der Waals surface area contributed by atoms with Crippen LogP contribution in [0.4, 0.5) is 5.69 Å². The standard InChI is InChI=1S/C16H20N2O/c1-17(2)14-5-3-12(4-6-14)11-15-16(19)13-7-9-18(15)10-8-13/h3-6,11,13H,7-10H2,1-2H3/b15-11+. The van der Waals surface area contributed by atoms with Crippen LogP contribution in [0.15, 0.2) is 30.0 Å². The Hall–Kier alpha value is -1.77. The second kappa shape index (κ2) is 4.72. The molecule has 0 unspecified atom stereocenters. The van der Waals surface area contributed by atoms with E-state index in [1.165, 1.54) is 5.69 Å². The van der Waals surface area contributed by atoms with Gasteiger partial charge in [0, 0.05) is 38.8 Å². The smallest absolute Gasteiger partial charge is 0.182 e. The minimum atomic E-state index is 0.275. The molecule has 100 valence electrons. The molecule has 3 nitrogen and oxygen atoms in total. The molecule has 0 saturated carbocycles. The molecule has 0 aromatic heterocycles. The maximum absolute atomic E-state index is 12.2. The Kier molecular flexibility index (Phi) is 3.05. The van der Waals surface area contributed by atoms with Crippen molar-refractivity contribution in [2.75, 3.05) is 32.1 Å². The largest absolute Gasteiger partial charge is 0.378 e. The van der Waals surface area contributed by atoms with E-state index in [1.807, 2.05) is 20.2 Å². The lowest BCUT2D eigenvalue weighted by atomic mass is 9.84. The minimum Gasteiger partial charge on any atom is -0.378 e. The van der Waals surface area contributed by atoms with Crippen molar-refractivity contribution in [1.29, 1.82) is 0 Å². The average Bonchev–Trinajstić information content (AvgIpc) is 2.44. The van der Waals surface area contributed by atoms with Gasteiger partial charge in [-0.2, -0.15) is 0 Å². The summed E-state index contributed by atoms with van der Waals surface area (Å²) in [5.74, 6) is 0.617. The molecule has 0 aliphatic carbocycles. The monoisotopic (exact) mass is 256 g/mol. The Balaban J connectivity index is 1.86. The van der Waals surface area contributed by atoms with Gasteiger partial charge in [-0.15, -0.1) is 0 Å². The molecule has 0 N–H and O–H groups in total. The van der Waals surface area contributed by atoms with Gasteiger partial charge in [-0.05, 0) is 36.6 Å². The van der Waals surface area contributed by atoms with Crippen LogP contribution in [-0.4, -0.2) is 37.9 Å². The highest BCUT2D eigenvalue weighted by Crippen LogP contribution is 2.32. The van der Waals surface area contributed by atoms with Crippen molar-refractivity contribution in [3.8, 4) is 0 Å². The molecule has 3 heteroatoms. The normalized spacial score (nSPS) is 21.3. The summed E-state index contributed by atoms with van der Waals surface area (Å²) in [5, 5.41) is 0. The SMILES string of the molecule is CN(C)c1ccc(/C=C2\C(=O)C3CCN2CC3)cc1. The van der Waals surface area contributed by atoms with Crippen molar-refractivity contribution in [2.24, 2.45) is 5.92 Å². The van der Waals surface area contributed by atoms with E-state index in [0.717, 1.165) is 37.2 Å². The number of hydrogen-bond acceptors (Lipinski definition) is 3. The van der Waals surface area contributed by atoms with Gasteiger partial charge in [-0.25, -0.2) is 0 Å². The maximum atomic E-state index is 12.2. The molecular formula is C16H20N2O. The second-order valence-corrected chi connectivity index (χ2v) is 5.64. The van der Waals surface area contributed by atoms with Crippen LogP contribution in [0.2, 0.25) is 0 Å². The van der Waals surface area contributed by atoms with E-state index >= 15 is 0 Å². The molecule has 0 radical (unpaired) electrons. The third kappa shape index (κ3) is 2.25. The molecule has 0 atom stereocenters. The van der Waals surface area contributed by atoms with E-state index in [9.17, 15) is 4.79 Å².